The summed E-state index contributed by atoms with van der Waals surface area (Å²) >= 11 is 5.98. The van der Waals surface area contributed by atoms with Crippen molar-refractivity contribution >= 4 is 27.6 Å². The van der Waals surface area contributed by atoms with Crippen LogP contribution in [0.15, 0.2) is 17.0 Å². The second-order valence-corrected chi connectivity index (χ2v) is 7.55. The molecule has 2 atom stereocenters. The largest absolute Gasteiger partial charge is 0.478 e. The van der Waals surface area contributed by atoms with Crippen LogP contribution in [-0.2, 0) is 19.5 Å². The first-order valence-corrected chi connectivity index (χ1v) is 8.39. The summed E-state index contributed by atoms with van der Waals surface area (Å²) in [5.74, 6) is -1.23. The first-order chi connectivity index (χ1) is 10.3. The number of hydrogen-bond donors (Lipinski definition) is 1. The SMILES string of the molecule is Cc1c(Cl)cc(C(=O)O)cc1S(=O)(=O)N1C[C@@H]2OCO[C@@H]2C1. The molecular weight excluding hydrogens is 334 g/mol. The zero-order valence-corrected chi connectivity index (χ0v) is 13.2. The van der Waals surface area contributed by atoms with Crippen LogP contribution in [0.5, 0.6) is 0 Å². The Labute approximate surface area is 132 Å². The Morgan fingerprint density at radius 1 is 1.32 bits per heavy atom. The molecule has 1 aromatic carbocycles. The van der Waals surface area contributed by atoms with E-state index in [-0.39, 0.29) is 47.6 Å². The minimum atomic E-state index is -3.86. The summed E-state index contributed by atoms with van der Waals surface area (Å²) in [6.07, 6.45) is -0.568. The van der Waals surface area contributed by atoms with Gasteiger partial charge in [-0.2, -0.15) is 4.31 Å². The van der Waals surface area contributed by atoms with Gasteiger partial charge < -0.3 is 14.6 Å². The molecule has 0 aromatic heterocycles. The van der Waals surface area contributed by atoms with Crippen molar-refractivity contribution in [2.45, 2.75) is 24.0 Å². The summed E-state index contributed by atoms with van der Waals surface area (Å²) in [6, 6.07) is 2.37. The number of carboxylic acid groups (broad SMARTS) is 1. The third-order valence-electron chi connectivity index (χ3n) is 3.91. The van der Waals surface area contributed by atoms with Crippen LogP contribution in [0.3, 0.4) is 0 Å². The highest BCUT2D eigenvalue weighted by molar-refractivity contribution is 7.89. The van der Waals surface area contributed by atoms with Gasteiger partial charge in [0.25, 0.3) is 0 Å². The number of hydrogen-bond acceptors (Lipinski definition) is 5. The number of rotatable bonds is 3. The summed E-state index contributed by atoms with van der Waals surface area (Å²) in [5, 5.41) is 9.18. The van der Waals surface area contributed by atoms with Crippen molar-refractivity contribution in [3.63, 3.8) is 0 Å². The van der Waals surface area contributed by atoms with E-state index in [0.717, 1.165) is 6.07 Å². The average molecular weight is 348 g/mol. The number of ether oxygens (including phenoxy) is 2. The summed E-state index contributed by atoms with van der Waals surface area (Å²) in [5.41, 5.74) is 0.159. The van der Waals surface area contributed by atoms with E-state index < -0.39 is 16.0 Å². The first kappa shape index (κ1) is 15.7. The number of sulfonamides is 1. The maximum Gasteiger partial charge on any atom is 0.335 e. The monoisotopic (exact) mass is 347 g/mol. The van der Waals surface area contributed by atoms with Crippen LogP contribution < -0.4 is 0 Å². The molecule has 120 valence electrons. The zero-order valence-electron chi connectivity index (χ0n) is 11.7. The first-order valence-electron chi connectivity index (χ1n) is 6.57. The molecule has 0 saturated carbocycles. The van der Waals surface area contributed by atoms with Crippen molar-refractivity contribution in [1.29, 1.82) is 0 Å². The van der Waals surface area contributed by atoms with Crippen LogP contribution in [0.25, 0.3) is 0 Å². The van der Waals surface area contributed by atoms with Gasteiger partial charge in [0.05, 0.1) is 10.5 Å². The number of benzene rings is 1. The predicted molar refractivity (Wildman–Crippen MR) is 76.5 cm³/mol. The van der Waals surface area contributed by atoms with Gasteiger partial charge in [-0.1, -0.05) is 11.6 Å². The molecule has 0 spiro atoms. The van der Waals surface area contributed by atoms with E-state index in [2.05, 4.69) is 0 Å². The molecule has 2 aliphatic rings. The number of nitrogens with zero attached hydrogens (tertiary/aromatic N) is 1. The molecule has 0 aliphatic carbocycles. The number of carboxylic acids is 1. The normalized spacial score (nSPS) is 25.4. The number of fused-ring (bicyclic) bond motifs is 1. The van der Waals surface area contributed by atoms with Gasteiger partial charge in [-0.15, -0.1) is 0 Å². The molecule has 1 N–H and O–H groups in total. The third kappa shape index (κ3) is 2.50. The van der Waals surface area contributed by atoms with Crippen LogP contribution >= 0.6 is 11.6 Å². The van der Waals surface area contributed by atoms with Crippen molar-refractivity contribution < 1.29 is 27.8 Å². The number of aromatic carboxylic acids is 1. The highest BCUT2D eigenvalue weighted by atomic mass is 35.5. The molecule has 0 unspecified atom stereocenters. The predicted octanol–water partition coefficient (Wildman–Crippen LogP) is 1.09. The van der Waals surface area contributed by atoms with Crippen LogP contribution in [0.2, 0.25) is 5.02 Å². The quantitative estimate of drug-likeness (QED) is 0.879. The second-order valence-electron chi connectivity index (χ2n) is 5.24. The topological polar surface area (TPSA) is 93.1 Å². The van der Waals surface area contributed by atoms with Crippen LogP contribution in [0, 0.1) is 6.92 Å². The van der Waals surface area contributed by atoms with E-state index in [4.69, 9.17) is 26.2 Å². The van der Waals surface area contributed by atoms with Gasteiger partial charge in [0, 0.05) is 18.1 Å². The van der Waals surface area contributed by atoms with E-state index in [9.17, 15) is 13.2 Å². The fourth-order valence-corrected chi connectivity index (χ4v) is 4.64. The molecule has 1 aromatic rings. The minimum Gasteiger partial charge on any atom is -0.478 e. The maximum absolute atomic E-state index is 12.8. The Morgan fingerprint density at radius 2 is 1.91 bits per heavy atom. The highest BCUT2D eigenvalue weighted by Crippen LogP contribution is 2.32. The molecule has 7 nitrogen and oxygen atoms in total. The van der Waals surface area contributed by atoms with Crippen LogP contribution in [-0.4, -0.2) is 55.9 Å². The van der Waals surface area contributed by atoms with Gasteiger partial charge in [0.2, 0.25) is 10.0 Å². The van der Waals surface area contributed by atoms with E-state index in [0.29, 0.717) is 5.56 Å². The lowest BCUT2D eigenvalue weighted by Gasteiger charge is -2.19. The number of carbonyl (C=O) groups is 1. The molecule has 9 heteroatoms. The lowest BCUT2D eigenvalue weighted by atomic mass is 10.1. The lowest BCUT2D eigenvalue weighted by molar-refractivity contribution is 0.0244. The minimum absolute atomic E-state index is 0.0997. The van der Waals surface area contributed by atoms with E-state index in [1.165, 1.54) is 10.4 Å². The molecule has 3 rings (SSSR count). The molecule has 2 saturated heterocycles. The van der Waals surface area contributed by atoms with Gasteiger partial charge in [-0.05, 0) is 24.6 Å². The molecule has 2 aliphatic heterocycles. The van der Waals surface area contributed by atoms with Crippen LogP contribution in [0.4, 0.5) is 0 Å². The second kappa shape index (κ2) is 5.47. The Hall–Kier alpha value is -1.19. The van der Waals surface area contributed by atoms with E-state index in [1.807, 2.05) is 0 Å². The van der Waals surface area contributed by atoms with Gasteiger partial charge in [0.1, 0.15) is 19.0 Å². The van der Waals surface area contributed by atoms with Crippen molar-refractivity contribution in [2.24, 2.45) is 0 Å². The average Bonchev–Trinajstić information content (AvgIpc) is 3.02. The number of halogens is 1. The van der Waals surface area contributed by atoms with Crippen molar-refractivity contribution in [2.75, 3.05) is 19.9 Å². The summed E-state index contributed by atoms with van der Waals surface area (Å²) in [6.45, 7) is 2.08. The standard InChI is InChI=1S/C13H14ClNO6S/c1-7-9(14)2-8(13(16)17)3-12(7)22(18,19)15-4-10-11(5-15)21-6-20-10/h2-3,10-11H,4-6H2,1H3,(H,16,17)/t10-,11+. The summed E-state index contributed by atoms with van der Waals surface area (Å²) in [7, 11) is -3.86. The fourth-order valence-electron chi connectivity index (χ4n) is 2.63. The molecule has 0 amide bonds. The Morgan fingerprint density at radius 3 is 2.45 bits per heavy atom. The van der Waals surface area contributed by atoms with Crippen molar-refractivity contribution in [1.82, 2.24) is 4.31 Å². The molecule has 2 fully saturated rings. The molecule has 22 heavy (non-hydrogen) atoms. The lowest BCUT2D eigenvalue weighted by Crippen LogP contribution is -2.31. The van der Waals surface area contributed by atoms with Crippen molar-refractivity contribution in [3.05, 3.63) is 28.3 Å². The van der Waals surface area contributed by atoms with Gasteiger partial charge in [-0.3, -0.25) is 0 Å². The maximum atomic E-state index is 12.8. The summed E-state index contributed by atoms with van der Waals surface area (Å²) in [4.78, 5) is 11.0. The Balaban J connectivity index is 2.00. The fraction of sp³-hybridized carbons (Fsp3) is 0.462. The van der Waals surface area contributed by atoms with Crippen molar-refractivity contribution in [3.8, 4) is 0 Å². The smallest absolute Gasteiger partial charge is 0.335 e. The zero-order chi connectivity index (χ0) is 16.1. The Bertz CT molecular complexity index is 722. The van der Waals surface area contributed by atoms with E-state index >= 15 is 0 Å². The third-order valence-corrected chi connectivity index (χ3v) is 6.26. The van der Waals surface area contributed by atoms with Gasteiger partial charge in [-0.25, -0.2) is 13.2 Å². The molecule has 0 bridgehead atoms. The Kier molecular flexibility index (Phi) is 3.90. The van der Waals surface area contributed by atoms with Gasteiger partial charge >= 0.3 is 5.97 Å². The molecule has 2 heterocycles. The highest BCUT2D eigenvalue weighted by Gasteiger charge is 2.44. The molecular formula is C13H14ClNO6S. The van der Waals surface area contributed by atoms with E-state index in [1.54, 1.807) is 6.92 Å². The molecule has 0 radical (unpaired) electrons. The van der Waals surface area contributed by atoms with Crippen LogP contribution in [0.1, 0.15) is 15.9 Å². The van der Waals surface area contributed by atoms with Gasteiger partial charge in [0.15, 0.2) is 0 Å². The summed E-state index contributed by atoms with van der Waals surface area (Å²) < 4.78 is 37.4.